The number of hydrogen-bond donors (Lipinski definition) is 1. The van der Waals surface area contributed by atoms with Gasteiger partial charge in [0, 0.05) is 31.3 Å². The van der Waals surface area contributed by atoms with Gasteiger partial charge in [0.25, 0.3) is 0 Å². The summed E-state index contributed by atoms with van der Waals surface area (Å²) in [5.41, 5.74) is 2.51. The first kappa shape index (κ1) is 15.0. The number of nitrogens with one attached hydrogen (secondary N) is 1. The lowest BCUT2D eigenvalue weighted by Gasteiger charge is -2.32. The fraction of sp³-hybridized carbons (Fsp3) is 0.643. The van der Waals surface area contributed by atoms with Crippen LogP contribution in [0.25, 0.3) is 0 Å². The zero-order chi connectivity index (χ0) is 14.8. The van der Waals surface area contributed by atoms with Crippen molar-refractivity contribution in [2.45, 2.75) is 39.7 Å². The Morgan fingerprint density at radius 3 is 2.80 bits per heavy atom. The van der Waals surface area contributed by atoms with Crippen LogP contribution in [0.4, 0.5) is 0 Å². The average molecular weight is 295 g/mol. The third-order valence-electron chi connectivity index (χ3n) is 3.46. The normalized spacial score (nSPS) is 20.8. The van der Waals surface area contributed by atoms with E-state index in [0.717, 1.165) is 12.1 Å². The van der Waals surface area contributed by atoms with Crippen molar-refractivity contribution in [2.75, 3.05) is 13.1 Å². The topological polar surface area (TPSA) is 62.3 Å². The SMILES string of the molecule is CC(C)(C)C1NC(=O)CCN(CCc2cscn2)C1=O. The van der Waals surface area contributed by atoms with Crippen LogP contribution >= 0.6 is 11.3 Å². The van der Waals surface area contributed by atoms with Crippen molar-refractivity contribution in [1.29, 1.82) is 0 Å². The quantitative estimate of drug-likeness (QED) is 0.918. The summed E-state index contributed by atoms with van der Waals surface area (Å²) >= 11 is 1.56. The predicted octanol–water partition coefficient (Wildman–Crippen LogP) is 1.45. The Morgan fingerprint density at radius 1 is 1.45 bits per heavy atom. The summed E-state index contributed by atoms with van der Waals surface area (Å²) < 4.78 is 0. The maximum Gasteiger partial charge on any atom is 0.245 e. The minimum atomic E-state index is -0.451. The molecule has 2 heterocycles. The number of aromatic nitrogens is 1. The minimum Gasteiger partial charge on any atom is -0.344 e. The van der Waals surface area contributed by atoms with Gasteiger partial charge in [0.1, 0.15) is 6.04 Å². The number of amides is 2. The fourth-order valence-electron chi connectivity index (χ4n) is 2.24. The molecule has 1 aliphatic rings. The van der Waals surface area contributed by atoms with Gasteiger partial charge in [-0.15, -0.1) is 11.3 Å². The van der Waals surface area contributed by atoms with E-state index in [9.17, 15) is 9.59 Å². The van der Waals surface area contributed by atoms with Crippen LogP contribution in [0.5, 0.6) is 0 Å². The number of rotatable bonds is 3. The molecule has 1 unspecified atom stereocenters. The minimum absolute atomic E-state index is 0.0126. The van der Waals surface area contributed by atoms with Gasteiger partial charge in [0.2, 0.25) is 11.8 Å². The number of hydrogen-bond acceptors (Lipinski definition) is 4. The van der Waals surface area contributed by atoms with Gasteiger partial charge in [-0.05, 0) is 5.41 Å². The zero-order valence-corrected chi connectivity index (χ0v) is 13.0. The van der Waals surface area contributed by atoms with E-state index in [1.165, 1.54) is 0 Å². The molecular weight excluding hydrogens is 274 g/mol. The van der Waals surface area contributed by atoms with Crippen molar-refractivity contribution in [3.63, 3.8) is 0 Å². The first-order valence-electron chi connectivity index (χ1n) is 6.83. The van der Waals surface area contributed by atoms with Gasteiger partial charge in [-0.1, -0.05) is 20.8 Å². The lowest BCUT2D eigenvalue weighted by molar-refractivity contribution is -0.136. The smallest absolute Gasteiger partial charge is 0.245 e. The highest BCUT2D eigenvalue weighted by Gasteiger charge is 2.37. The van der Waals surface area contributed by atoms with Crippen molar-refractivity contribution >= 4 is 23.2 Å². The summed E-state index contributed by atoms with van der Waals surface area (Å²) in [6, 6.07) is -0.451. The Morgan fingerprint density at radius 2 is 2.20 bits per heavy atom. The van der Waals surface area contributed by atoms with Crippen molar-refractivity contribution in [3.05, 3.63) is 16.6 Å². The average Bonchev–Trinajstić information content (AvgIpc) is 2.82. The number of thiazole rings is 1. The van der Waals surface area contributed by atoms with Crippen molar-refractivity contribution in [2.24, 2.45) is 5.41 Å². The Labute approximate surface area is 123 Å². The summed E-state index contributed by atoms with van der Waals surface area (Å²) in [5, 5.41) is 4.84. The van der Waals surface area contributed by atoms with Gasteiger partial charge in [0.05, 0.1) is 11.2 Å². The van der Waals surface area contributed by atoms with E-state index in [-0.39, 0.29) is 17.2 Å². The molecule has 0 saturated carbocycles. The van der Waals surface area contributed by atoms with E-state index in [4.69, 9.17) is 0 Å². The molecule has 1 aromatic heterocycles. The van der Waals surface area contributed by atoms with E-state index in [0.29, 0.717) is 19.5 Å². The van der Waals surface area contributed by atoms with Crippen LogP contribution in [0.2, 0.25) is 0 Å². The summed E-state index contributed by atoms with van der Waals surface area (Å²) in [5.74, 6) is -0.0342. The summed E-state index contributed by atoms with van der Waals surface area (Å²) in [6.45, 7) is 7.02. The predicted molar refractivity (Wildman–Crippen MR) is 78.4 cm³/mol. The van der Waals surface area contributed by atoms with Crippen LogP contribution in [-0.4, -0.2) is 40.8 Å². The van der Waals surface area contributed by atoms with Gasteiger partial charge in [-0.25, -0.2) is 4.98 Å². The summed E-state index contributed by atoms with van der Waals surface area (Å²) in [7, 11) is 0. The molecule has 1 atom stereocenters. The molecule has 1 aliphatic heterocycles. The molecule has 2 rings (SSSR count). The molecule has 1 N–H and O–H groups in total. The highest BCUT2D eigenvalue weighted by atomic mass is 32.1. The van der Waals surface area contributed by atoms with Crippen LogP contribution in [-0.2, 0) is 16.0 Å². The Balaban J connectivity index is 2.07. The van der Waals surface area contributed by atoms with Gasteiger partial charge in [-0.2, -0.15) is 0 Å². The molecule has 110 valence electrons. The second-order valence-electron chi connectivity index (χ2n) is 6.17. The molecule has 1 fully saturated rings. The van der Waals surface area contributed by atoms with Gasteiger partial charge in [0.15, 0.2) is 0 Å². The fourth-order valence-corrected chi connectivity index (χ4v) is 2.84. The van der Waals surface area contributed by atoms with E-state index in [2.05, 4.69) is 10.3 Å². The van der Waals surface area contributed by atoms with Crippen LogP contribution in [0.1, 0.15) is 32.9 Å². The largest absolute Gasteiger partial charge is 0.344 e. The van der Waals surface area contributed by atoms with Crippen molar-refractivity contribution in [3.8, 4) is 0 Å². The molecule has 1 saturated heterocycles. The molecular formula is C14H21N3O2S. The van der Waals surface area contributed by atoms with E-state index < -0.39 is 6.04 Å². The van der Waals surface area contributed by atoms with Crippen LogP contribution in [0.15, 0.2) is 10.9 Å². The van der Waals surface area contributed by atoms with E-state index in [1.54, 1.807) is 21.7 Å². The Kier molecular flexibility index (Phi) is 4.42. The molecule has 0 aliphatic carbocycles. The van der Waals surface area contributed by atoms with Crippen LogP contribution in [0.3, 0.4) is 0 Å². The maximum atomic E-state index is 12.6. The second kappa shape index (κ2) is 5.91. The lowest BCUT2D eigenvalue weighted by Crippen LogP contribution is -2.52. The molecule has 1 aromatic rings. The molecule has 2 amide bonds. The highest BCUT2D eigenvalue weighted by Crippen LogP contribution is 2.23. The van der Waals surface area contributed by atoms with Crippen molar-refractivity contribution < 1.29 is 9.59 Å². The van der Waals surface area contributed by atoms with E-state index in [1.807, 2.05) is 26.2 Å². The Hall–Kier alpha value is -1.43. The van der Waals surface area contributed by atoms with Crippen LogP contribution < -0.4 is 5.32 Å². The van der Waals surface area contributed by atoms with Gasteiger partial charge in [-0.3, -0.25) is 9.59 Å². The zero-order valence-electron chi connectivity index (χ0n) is 12.2. The lowest BCUT2D eigenvalue weighted by atomic mass is 9.86. The molecule has 0 aromatic carbocycles. The standard InChI is InChI=1S/C14H21N3O2S/c1-14(2,3)12-13(19)17(7-5-11(18)16-12)6-4-10-8-20-9-15-10/h8-9,12H,4-7H2,1-3H3,(H,16,18). The summed E-state index contributed by atoms with van der Waals surface area (Å²) in [4.78, 5) is 30.4. The monoisotopic (exact) mass is 295 g/mol. The molecule has 0 spiro atoms. The summed E-state index contributed by atoms with van der Waals surface area (Å²) in [6.07, 6.45) is 1.11. The van der Waals surface area contributed by atoms with Gasteiger partial charge >= 0.3 is 0 Å². The first-order valence-corrected chi connectivity index (χ1v) is 7.77. The van der Waals surface area contributed by atoms with Crippen molar-refractivity contribution in [1.82, 2.24) is 15.2 Å². The third kappa shape index (κ3) is 3.56. The molecule has 0 radical (unpaired) electrons. The number of carbonyl (C=O) groups is 2. The van der Waals surface area contributed by atoms with Gasteiger partial charge < -0.3 is 10.2 Å². The maximum absolute atomic E-state index is 12.6. The molecule has 6 heteroatoms. The molecule has 0 bridgehead atoms. The first-order chi connectivity index (χ1) is 9.38. The highest BCUT2D eigenvalue weighted by molar-refractivity contribution is 7.07. The third-order valence-corrected chi connectivity index (χ3v) is 4.10. The number of carbonyl (C=O) groups excluding carboxylic acids is 2. The Bertz CT molecular complexity index is 479. The van der Waals surface area contributed by atoms with Crippen LogP contribution in [0, 0.1) is 5.41 Å². The number of nitrogens with zero attached hydrogens (tertiary/aromatic N) is 2. The van der Waals surface area contributed by atoms with E-state index >= 15 is 0 Å². The molecule has 5 nitrogen and oxygen atoms in total. The molecule has 20 heavy (non-hydrogen) atoms. The second-order valence-corrected chi connectivity index (χ2v) is 6.89.